The van der Waals surface area contributed by atoms with E-state index >= 15 is 0 Å². The first-order valence-electron chi connectivity index (χ1n) is 8.64. The third-order valence-corrected chi connectivity index (χ3v) is 6.79. The van der Waals surface area contributed by atoms with Gasteiger partial charge in [0.1, 0.15) is 0 Å². The Balaban J connectivity index is 1.39. The summed E-state index contributed by atoms with van der Waals surface area (Å²) in [5, 5.41) is 11.8. The molecule has 4 bridgehead atoms. The molecule has 4 saturated carbocycles. The summed E-state index contributed by atoms with van der Waals surface area (Å²) in [6, 6.07) is 0. The Hall–Kier alpha value is -0.220. The Morgan fingerprint density at radius 1 is 1.10 bits per heavy atom. The van der Waals surface area contributed by atoms with E-state index in [0.717, 1.165) is 48.6 Å². The average molecular weight is 311 g/mol. The fraction of sp³-hybridized carbons (Fsp3) is 0.941. The van der Waals surface area contributed by atoms with Gasteiger partial charge in [0.2, 0.25) is 5.91 Å². The molecule has 3 nitrogen and oxygen atoms in total. The van der Waals surface area contributed by atoms with Crippen molar-refractivity contribution >= 4 is 17.7 Å². The molecule has 1 amide bonds. The number of nitrogens with one attached hydrogen (secondary N) is 1. The predicted molar refractivity (Wildman–Crippen MR) is 87.3 cm³/mol. The standard InChI is InChI=1S/C17H29NO2S/c19-3-1-4-21-5-2-18-16(20)12-17-9-13-6-14(10-17)8-15(7-13)11-17/h13-15,19H,1-12H2,(H,18,20). The summed E-state index contributed by atoms with van der Waals surface area (Å²) in [6.45, 7) is 1.05. The number of carbonyl (C=O) groups excluding carboxylic acids is 1. The number of hydrogen-bond acceptors (Lipinski definition) is 3. The van der Waals surface area contributed by atoms with Crippen LogP contribution in [0, 0.1) is 23.2 Å². The fourth-order valence-corrected chi connectivity index (χ4v) is 6.22. The van der Waals surface area contributed by atoms with Gasteiger partial charge in [-0.25, -0.2) is 0 Å². The van der Waals surface area contributed by atoms with E-state index < -0.39 is 0 Å². The zero-order chi connectivity index (χ0) is 14.7. The molecule has 4 heteroatoms. The zero-order valence-electron chi connectivity index (χ0n) is 13.0. The monoisotopic (exact) mass is 311 g/mol. The van der Waals surface area contributed by atoms with Crippen molar-refractivity contribution in [3.8, 4) is 0 Å². The lowest BCUT2D eigenvalue weighted by molar-refractivity contribution is -0.129. The minimum Gasteiger partial charge on any atom is -0.396 e. The number of amides is 1. The lowest BCUT2D eigenvalue weighted by atomic mass is 9.49. The number of rotatable bonds is 8. The van der Waals surface area contributed by atoms with E-state index in [1.165, 1.54) is 38.5 Å². The first-order valence-corrected chi connectivity index (χ1v) is 9.80. The number of thioether (sulfide) groups is 1. The molecule has 4 aliphatic rings. The maximum absolute atomic E-state index is 12.3. The van der Waals surface area contributed by atoms with E-state index in [4.69, 9.17) is 5.11 Å². The van der Waals surface area contributed by atoms with E-state index in [-0.39, 0.29) is 12.5 Å². The van der Waals surface area contributed by atoms with Gasteiger partial charge in [0.25, 0.3) is 0 Å². The summed E-state index contributed by atoms with van der Waals surface area (Å²) in [6.07, 6.45) is 9.92. The third kappa shape index (κ3) is 3.95. The van der Waals surface area contributed by atoms with Gasteiger partial charge in [0.15, 0.2) is 0 Å². The lowest BCUT2D eigenvalue weighted by Crippen LogP contribution is -2.48. The van der Waals surface area contributed by atoms with Crippen LogP contribution in [0.4, 0.5) is 0 Å². The molecule has 2 N–H and O–H groups in total. The summed E-state index contributed by atoms with van der Waals surface area (Å²) in [5.41, 5.74) is 0.364. The molecule has 0 saturated heterocycles. The highest BCUT2D eigenvalue weighted by molar-refractivity contribution is 7.99. The van der Waals surface area contributed by atoms with Crippen molar-refractivity contribution in [2.45, 2.75) is 51.4 Å². The van der Waals surface area contributed by atoms with E-state index in [2.05, 4.69) is 5.32 Å². The molecule has 0 aromatic rings. The Morgan fingerprint density at radius 2 is 1.71 bits per heavy atom. The van der Waals surface area contributed by atoms with Gasteiger partial charge in [-0.05, 0) is 73.9 Å². The Morgan fingerprint density at radius 3 is 2.29 bits per heavy atom. The lowest BCUT2D eigenvalue weighted by Gasteiger charge is -2.56. The van der Waals surface area contributed by atoms with Gasteiger partial charge in [-0.3, -0.25) is 4.79 Å². The maximum atomic E-state index is 12.3. The SMILES string of the molecule is O=C(CC12CC3CC(CC(C3)C1)C2)NCCSCCCO. The molecule has 0 aromatic heterocycles. The molecule has 4 rings (SSSR count). The van der Waals surface area contributed by atoms with Crippen LogP contribution in [0.25, 0.3) is 0 Å². The van der Waals surface area contributed by atoms with Gasteiger partial charge in [-0.1, -0.05) is 0 Å². The summed E-state index contributed by atoms with van der Waals surface area (Å²) < 4.78 is 0. The van der Waals surface area contributed by atoms with E-state index in [9.17, 15) is 4.79 Å². The van der Waals surface area contributed by atoms with Crippen molar-refractivity contribution in [3.05, 3.63) is 0 Å². The number of hydrogen-bond donors (Lipinski definition) is 2. The number of carbonyl (C=O) groups is 1. The first kappa shape index (κ1) is 15.7. The minimum absolute atomic E-state index is 0.269. The summed E-state index contributed by atoms with van der Waals surface area (Å²) in [5.74, 6) is 5.02. The Labute approximate surface area is 132 Å². The molecule has 0 heterocycles. The van der Waals surface area contributed by atoms with Crippen LogP contribution in [0.5, 0.6) is 0 Å². The Kier molecular flexibility index (Phi) is 5.15. The van der Waals surface area contributed by atoms with Crippen LogP contribution in [-0.4, -0.2) is 35.7 Å². The van der Waals surface area contributed by atoms with Crippen molar-refractivity contribution in [1.29, 1.82) is 0 Å². The van der Waals surface area contributed by atoms with E-state index in [0.29, 0.717) is 5.41 Å². The van der Waals surface area contributed by atoms with Crippen LogP contribution in [0.1, 0.15) is 51.4 Å². The molecule has 0 aromatic carbocycles. The smallest absolute Gasteiger partial charge is 0.220 e. The summed E-state index contributed by atoms with van der Waals surface area (Å²) >= 11 is 1.82. The second kappa shape index (κ2) is 6.91. The molecule has 0 atom stereocenters. The van der Waals surface area contributed by atoms with Crippen molar-refractivity contribution in [3.63, 3.8) is 0 Å². The second-order valence-electron chi connectivity index (χ2n) is 7.63. The normalized spacial score (nSPS) is 36.9. The van der Waals surface area contributed by atoms with Crippen LogP contribution in [0.3, 0.4) is 0 Å². The van der Waals surface area contributed by atoms with Crippen LogP contribution >= 0.6 is 11.8 Å². The van der Waals surface area contributed by atoms with Gasteiger partial charge >= 0.3 is 0 Å². The summed E-state index contributed by atoms with van der Waals surface area (Å²) in [7, 11) is 0. The predicted octanol–water partition coefficient (Wildman–Crippen LogP) is 2.82. The van der Waals surface area contributed by atoms with Crippen molar-refractivity contribution in [1.82, 2.24) is 5.32 Å². The van der Waals surface area contributed by atoms with Gasteiger partial charge in [0.05, 0.1) is 0 Å². The first-order chi connectivity index (χ1) is 10.2. The van der Waals surface area contributed by atoms with Crippen molar-refractivity contribution in [2.75, 3.05) is 24.7 Å². The topological polar surface area (TPSA) is 49.3 Å². The van der Waals surface area contributed by atoms with Crippen molar-refractivity contribution in [2.24, 2.45) is 23.2 Å². The molecule has 4 fully saturated rings. The molecule has 0 radical (unpaired) electrons. The van der Waals surface area contributed by atoms with Gasteiger partial charge in [0, 0.05) is 25.3 Å². The molecule has 120 valence electrons. The van der Waals surface area contributed by atoms with E-state index in [1.807, 2.05) is 11.8 Å². The highest BCUT2D eigenvalue weighted by atomic mass is 32.2. The van der Waals surface area contributed by atoms with Crippen LogP contribution in [0.15, 0.2) is 0 Å². The highest BCUT2D eigenvalue weighted by Crippen LogP contribution is 2.61. The quantitative estimate of drug-likeness (QED) is 0.678. The largest absolute Gasteiger partial charge is 0.396 e. The fourth-order valence-electron chi connectivity index (χ4n) is 5.44. The zero-order valence-corrected chi connectivity index (χ0v) is 13.8. The highest BCUT2D eigenvalue weighted by Gasteiger charge is 2.51. The third-order valence-electron chi connectivity index (χ3n) is 5.72. The van der Waals surface area contributed by atoms with Crippen LogP contribution in [0.2, 0.25) is 0 Å². The summed E-state index contributed by atoms with van der Waals surface area (Å²) in [4.78, 5) is 12.3. The minimum atomic E-state index is 0.269. The molecule has 4 aliphatic carbocycles. The van der Waals surface area contributed by atoms with Crippen molar-refractivity contribution < 1.29 is 9.90 Å². The van der Waals surface area contributed by atoms with Gasteiger partial charge in [-0.2, -0.15) is 11.8 Å². The average Bonchev–Trinajstić information content (AvgIpc) is 2.40. The molecule has 21 heavy (non-hydrogen) atoms. The molecule has 0 unspecified atom stereocenters. The molecular weight excluding hydrogens is 282 g/mol. The van der Waals surface area contributed by atoms with Gasteiger partial charge < -0.3 is 10.4 Å². The molecule has 0 aliphatic heterocycles. The maximum Gasteiger partial charge on any atom is 0.220 e. The number of aliphatic hydroxyl groups excluding tert-OH is 1. The van der Waals surface area contributed by atoms with Gasteiger partial charge in [-0.15, -0.1) is 0 Å². The van der Waals surface area contributed by atoms with Crippen LogP contribution < -0.4 is 5.32 Å². The van der Waals surface area contributed by atoms with Crippen LogP contribution in [-0.2, 0) is 4.79 Å². The Bertz CT molecular complexity index is 337. The number of aliphatic hydroxyl groups is 1. The molecule has 0 spiro atoms. The van der Waals surface area contributed by atoms with E-state index in [1.54, 1.807) is 0 Å². The second-order valence-corrected chi connectivity index (χ2v) is 8.86. The molecular formula is C17H29NO2S.